The summed E-state index contributed by atoms with van der Waals surface area (Å²) in [5.41, 5.74) is 2.21. The molecule has 3 aliphatic rings. The molecule has 1 aliphatic carbocycles. The quantitative estimate of drug-likeness (QED) is 0.229. The van der Waals surface area contributed by atoms with Crippen molar-refractivity contribution in [3.63, 3.8) is 0 Å². The average Bonchev–Trinajstić information content (AvgIpc) is 3.72. The van der Waals surface area contributed by atoms with Crippen molar-refractivity contribution in [2.45, 2.75) is 50.8 Å². The smallest absolute Gasteiger partial charge is 0.335 e. The predicted octanol–water partition coefficient (Wildman–Crippen LogP) is 7.17. The van der Waals surface area contributed by atoms with Crippen LogP contribution >= 0.6 is 11.6 Å². The molecule has 224 valence electrons. The van der Waals surface area contributed by atoms with Crippen LogP contribution in [0.3, 0.4) is 0 Å². The fourth-order valence-electron chi connectivity index (χ4n) is 6.27. The summed E-state index contributed by atoms with van der Waals surface area (Å²) in [6.07, 6.45) is 1.50. The molecule has 10 heteroatoms. The molecule has 0 bridgehead atoms. The number of carbonyl (C=O) groups is 1. The van der Waals surface area contributed by atoms with Gasteiger partial charge in [-0.3, -0.25) is 9.29 Å². The Labute approximate surface area is 254 Å². The van der Waals surface area contributed by atoms with Crippen LogP contribution in [0.15, 0.2) is 54.6 Å². The molecule has 4 aromatic rings. The Hall–Kier alpha value is -3.69. The number of hydrogen-bond donors (Lipinski definition) is 1. The molecule has 0 spiro atoms. The highest BCUT2D eigenvalue weighted by atomic mass is 35.5. The lowest BCUT2D eigenvalue weighted by Crippen LogP contribution is -2.34. The molecule has 7 rings (SSSR count). The largest absolute Gasteiger partial charge is 0.485 e. The highest BCUT2D eigenvalue weighted by Crippen LogP contribution is 2.48. The van der Waals surface area contributed by atoms with Gasteiger partial charge in [-0.1, -0.05) is 29.8 Å². The lowest BCUT2D eigenvalue weighted by atomic mass is 9.88. The summed E-state index contributed by atoms with van der Waals surface area (Å²) < 4.78 is 51.9. The molecule has 0 radical (unpaired) electrons. The highest BCUT2D eigenvalue weighted by molar-refractivity contribution is 6.30. The van der Waals surface area contributed by atoms with Crippen molar-refractivity contribution in [3.8, 4) is 11.5 Å². The van der Waals surface area contributed by atoms with Gasteiger partial charge in [-0.2, -0.15) is 0 Å². The molecule has 7 nitrogen and oxygen atoms in total. The number of aromatic nitrogens is 2. The van der Waals surface area contributed by atoms with Crippen LogP contribution in [-0.2, 0) is 13.1 Å². The second-order valence-corrected chi connectivity index (χ2v) is 12.4. The van der Waals surface area contributed by atoms with E-state index in [1.807, 2.05) is 16.7 Å². The van der Waals surface area contributed by atoms with Crippen LogP contribution in [0.5, 0.6) is 11.5 Å². The maximum absolute atomic E-state index is 14.8. The highest BCUT2D eigenvalue weighted by Gasteiger charge is 2.44. The Morgan fingerprint density at radius 3 is 2.67 bits per heavy atom. The number of halogens is 3. The minimum absolute atomic E-state index is 0.0660. The van der Waals surface area contributed by atoms with Crippen molar-refractivity contribution in [2.75, 3.05) is 26.4 Å². The molecule has 1 saturated carbocycles. The van der Waals surface area contributed by atoms with Gasteiger partial charge in [0.2, 0.25) is 0 Å². The zero-order valence-electron chi connectivity index (χ0n) is 24.5. The Kier molecular flexibility index (Phi) is 6.95. The van der Waals surface area contributed by atoms with Crippen LogP contribution in [0.4, 0.5) is 8.78 Å². The summed E-state index contributed by atoms with van der Waals surface area (Å²) in [5.74, 6) is 0.332. The first-order chi connectivity index (χ1) is 21.2. The first kappa shape index (κ1) is 26.9. The number of nitrogens with zero attached hydrogens (tertiary/aromatic N) is 3. The van der Waals surface area contributed by atoms with Crippen molar-refractivity contribution in [3.05, 3.63) is 88.0 Å². The van der Waals surface area contributed by atoms with Gasteiger partial charge in [0, 0.05) is 28.1 Å². The predicted molar refractivity (Wildman–Crippen MR) is 158 cm³/mol. The third-order valence-corrected chi connectivity index (χ3v) is 9.26. The van der Waals surface area contributed by atoms with E-state index in [0.29, 0.717) is 30.1 Å². The van der Waals surface area contributed by atoms with E-state index < -0.39 is 30.0 Å². The second-order valence-electron chi connectivity index (χ2n) is 11.9. The molecule has 3 heterocycles. The van der Waals surface area contributed by atoms with Gasteiger partial charge in [-0.15, -0.1) is 0 Å². The van der Waals surface area contributed by atoms with Crippen LogP contribution in [-0.4, -0.2) is 51.9 Å². The van der Waals surface area contributed by atoms with Gasteiger partial charge in [0.25, 0.3) is 0 Å². The van der Waals surface area contributed by atoms with E-state index in [4.69, 9.17) is 27.4 Å². The van der Waals surface area contributed by atoms with E-state index >= 15 is 0 Å². The number of fused-ring (bicyclic) bond motifs is 2. The molecule has 3 aromatic carbocycles. The number of imidazole rings is 1. The van der Waals surface area contributed by atoms with Gasteiger partial charge in [-0.25, -0.2) is 14.2 Å². The average molecular weight is 609 g/mol. The number of carboxylic acids is 1. The van der Waals surface area contributed by atoms with Crippen LogP contribution in [0.25, 0.3) is 11.0 Å². The summed E-state index contributed by atoms with van der Waals surface area (Å²) >= 11 is 5.94. The number of aromatic carboxylic acids is 1. The molecule has 1 N–H and O–H groups in total. The maximum Gasteiger partial charge on any atom is 0.335 e. The monoisotopic (exact) mass is 608 g/mol. The Morgan fingerprint density at radius 2 is 1.95 bits per heavy atom. The Bertz CT molecular complexity index is 1750. The molecule has 1 atom stereocenters. The Balaban J connectivity index is 1.10. The third kappa shape index (κ3) is 5.45. The van der Waals surface area contributed by atoms with E-state index in [9.17, 15) is 18.7 Å². The third-order valence-electron chi connectivity index (χ3n) is 9.03. The van der Waals surface area contributed by atoms with Crippen molar-refractivity contribution in [1.29, 1.82) is 0 Å². The van der Waals surface area contributed by atoms with Crippen LogP contribution in [0.2, 0.25) is 5.02 Å². The molecule has 0 amide bonds. The number of para-hydroxylation sites is 1. The topological polar surface area (TPSA) is 76.8 Å². The van der Waals surface area contributed by atoms with Crippen molar-refractivity contribution < 1.29 is 29.5 Å². The molecule has 43 heavy (non-hydrogen) atoms. The summed E-state index contributed by atoms with van der Waals surface area (Å²) in [5, 5.41) is 9.79. The minimum Gasteiger partial charge on any atom is -0.485 e. The SMILES string of the molecule is [2H][C@]1(c2ccc(Cl)cc2F)COc2cccc(C3CCN(Cc4nc5ccc(C(=O)O)cc5n4CC4(CF)CC4)CC3)c2O1. The zero-order valence-corrected chi connectivity index (χ0v) is 24.2. The van der Waals surface area contributed by atoms with Gasteiger partial charge < -0.3 is 19.1 Å². The standard InChI is InChI=1S/C33H32ClF2N3O4/c34-22-5-6-24(25(36)15-22)29-17-42-28-3-1-2-23(31(28)43-29)20-8-12-38(13-9-20)16-30-37-26-7-4-21(32(40)41)14-27(26)39(30)19-33(18-35)10-11-33/h1-7,14-15,20,29H,8-13,16-19H2,(H,40,41)/t29-/m1/s1/i29D. The number of alkyl halides is 1. The molecule has 1 aromatic heterocycles. The van der Waals surface area contributed by atoms with Gasteiger partial charge in [-0.05, 0) is 81.1 Å². The molecule has 1 saturated heterocycles. The zero-order chi connectivity index (χ0) is 30.6. The number of likely N-dealkylation sites (tertiary alicyclic amines) is 1. The van der Waals surface area contributed by atoms with Gasteiger partial charge in [0.1, 0.15) is 18.2 Å². The minimum atomic E-state index is -1.75. The van der Waals surface area contributed by atoms with Crippen molar-refractivity contribution >= 4 is 28.6 Å². The maximum atomic E-state index is 14.8. The van der Waals surface area contributed by atoms with Gasteiger partial charge in [0.15, 0.2) is 17.6 Å². The molecule has 2 aliphatic heterocycles. The van der Waals surface area contributed by atoms with Crippen molar-refractivity contribution in [1.82, 2.24) is 14.5 Å². The molecule has 0 unspecified atom stereocenters. The van der Waals surface area contributed by atoms with E-state index in [2.05, 4.69) is 4.90 Å². The number of piperidine rings is 1. The van der Waals surface area contributed by atoms with Crippen molar-refractivity contribution in [2.24, 2.45) is 5.41 Å². The lowest BCUT2D eigenvalue weighted by molar-refractivity contribution is 0.0697. The second kappa shape index (κ2) is 11.1. The molecular weight excluding hydrogens is 576 g/mol. The van der Waals surface area contributed by atoms with E-state index in [0.717, 1.165) is 55.7 Å². The summed E-state index contributed by atoms with van der Waals surface area (Å²) in [6, 6.07) is 14.8. The van der Waals surface area contributed by atoms with Crippen LogP contribution in [0.1, 0.15) is 66.4 Å². The normalized spacial score (nSPS) is 22.0. The summed E-state index contributed by atoms with van der Waals surface area (Å²) in [7, 11) is 0. The fraction of sp³-hybridized carbons (Fsp3) is 0.394. The van der Waals surface area contributed by atoms with Gasteiger partial charge in [0.05, 0.1) is 31.2 Å². The van der Waals surface area contributed by atoms with Crippen LogP contribution < -0.4 is 9.47 Å². The summed E-state index contributed by atoms with van der Waals surface area (Å²) in [6.45, 7) is 2.01. The van der Waals surface area contributed by atoms with E-state index in [1.165, 1.54) is 18.2 Å². The Morgan fingerprint density at radius 1 is 1.14 bits per heavy atom. The molecular formula is C33H32ClF2N3O4. The number of ether oxygens (including phenoxy) is 2. The van der Waals surface area contributed by atoms with E-state index in [-0.39, 0.29) is 28.7 Å². The van der Waals surface area contributed by atoms with Crippen LogP contribution in [0, 0.1) is 11.2 Å². The number of carboxylic acid groups (broad SMARTS) is 1. The number of benzene rings is 3. The first-order valence-electron chi connectivity index (χ1n) is 15.1. The first-order valence-corrected chi connectivity index (χ1v) is 15.0. The van der Waals surface area contributed by atoms with Gasteiger partial charge >= 0.3 is 5.97 Å². The fourth-order valence-corrected chi connectivity index (χ4v) is 6.43. The number of hydrogen-bond acceptors (Lipinski definition) is 5. The number of rotatable bonds is 8. The molecule has 2 fully saturated rings. The lowest BCUT2D eigenvalue weighted by Gasteiger charge is -2.35. The summed E-state index contributed by atoms with van der Waals surface area (Å²) in [4.78, 5) is 18.8. The van der Waals surface area contributed by atoms with E-state index in [1.54, 1.807) is 24.3 Å².